The number of primary amides is 1. The van der Waals surface area contributed by atoms with Gasteiger partial charge in [0.05, 0.1) is 7.11 Å². The fraction of sp³-hybridized carbons (Fsp3) is 0.207. The number of halogens is 1. The van der Waals surface area contributed by atoms with Crippen LogP contribution in [0, 0.1) is 5.41 Å². The third kappa shape index (κ3) is 5.53. The Bertz CT molecular complexity index is 1490. The van der Waals surface area contributed by atoms with Crippen LogP contribution in [0.4, 0.5) is 0 Å². The summed E-state index contributed by atoms with van der Waals surface area (Å²) in [6.07, 6.45) is 2.27. The Morgan fingerprint density at radius 1 is 1.08 bits per heavy atom. The molecule has 0 aliphatic heterocycles. The predicted octanol–water partition coefficient (Wildman–Crippen LogP) is 3.50. The molecule has 0 saturated heterocycles. The first-order chi connectivity index (χ1) is 18.8. The highest BCUT2D eigenvalue weighted by Crippen LogP contribution is 2.40. The van der Waals surface area contributed by atoms with Crippen LogP contribution >= 0.6 is 11.6 Å². The number of H-pyrrole nitrogens is 1. The zero-order valence-electron chi connectivity index (χ0n) is 21.5. The van der Waals surface area contributed by atoms with Crippen LogP contribution in [0.2, 0.25) is 5.02 Å². The van der Waals surface area contributed by atoms with E-state index >= 15 is 0 Å². The average Bonchev–Trinajstić information content (AvgIpc) is 3.33. The van der Waals surface area contributed by atoms with Gasteiger partial charge in [-0.1, -0.05) is 60.1 Å². The summed E-state index contributed by atoms with van der Waals surface area (Å²) in [5, 5.41) is 11.4. The summed E-state index contributed by atoms with van der Waals surface area (Å²) in [5.74, 6) is -0.619. The third-order valence-electron chi connectivity index (χ3n) is 6.75. The number of benzene rings is 3. The quantitative estimate of drug-likeness (QED) is 0.144. The topological polar surface area (TPSA) is 150 Å². The first-order valence-corrected chi connectivity index (χ1v) is 12.8. The van der Waals surface area contributed by atoms with Crippen LogP contribution in [0.5, 0.6) is 5.75 Å². The molecule has 7 N–H and O–H groups in total. The van der Waals surface area contributed by atoms with Crippen LogP contribution < -0.4 is 21.5 Å². The number of hydrogen-bond acceptors (Lipinski definition) is 4. The second kappa shape index (κ2) is 11.9. The lowest BCUT2D eigenvalue weighted by Crippen LogP contribution is -2.59. The van der Waals surface area contributed by atoms with Crippen LogP contribution in [-0.2, 0) is 21.5 Å². The molecule has 39 heavy (non-hydrogen) atoms. The summed E-state index contributed by atoms with van der Waals surface area (Å²) in [6.45, 7) is 0.268. The fourth-order valence-electron chi connectivity index (χ4n) is 4.95. The minimum absolute atomic E-state index is 0.0308. The van der Waals surface area contributed by atoms with Gasteiger partial charge in [0, 0.05) is 53.3 Å². The molecule has 1 unspecified atom stereocenters. The molecule has 3 aromatic carbocycles. The Morgan fingerprint density at radius 2 is 1.79 bits per heavy atom. The van der Waals surface area contributed by atoms with Gasteiger partial charge in [-0.25, -0.2) is 0 Å². The lowest BCUT2D eigenvalue weighted by molar-refractivity contribution is -0.144. The van der Waals surface area contributed by atoms with E-state index in [9.17, 15) is 9.59 Å². The van der Waals surface area contributed by atoms with Crippen molar-refractivity contribution in [2.24, 2.45) is 11.5 Å². The van der Waals surface area contributed by atoms with E-state index in [2.05, 4.69) is 10.3 Å². The molecule has 4 aromatic rings. The van der Waals surface area contributed by atoms with Crippen molar-refractivity contribution < 1.29 is 14.3 Å². The van der Waals surface area contributed by atoms with Crippen molar-refractivity contribution in [2.45, 2.75) is 18.4 Å². The molecule has 1 heterocycles. The zero-order chi connectivity index (χ0) is 28.0. The highest BCUT2D eigenvalue weighted by atomic mass is 35.5. The summed E-state index contributed by atoms with van der Waals surface area (Å²) in [7, 11) is 1.61. The molecule has 202 valence electrons. The lowest BCUT2D eigenvalue weighted by Gasteiger charge is -2.43. The summed E-state index contributed by atoms with van der Waals surface area (Å²) in [5.41, 5.74) is 12.7. The summed E-state index contributed by atoms with van der Waals surface area (Å²) in [4.78, 5) is 32.3. The maximum Gasteiger partial charge on any atom is 0.252 e. The van der Waals surface area contributed by atoms with Crippen molar-refractivity contribution in [3.05, 3.63) is 101 Å². The van der Waals surface area contributed by atoms with Crippen LogP contribution in [0.25, 0.3) is 10.9 Å². The normalized spacial score (nSPS) is 12.5. The van der Waals surface area contributed by atoms with Gasteiger partial charge < -0.3 is 31.4 Å². The number of aromatic amines is 1. The van der Waals surface area contributed by atoms with E-state index in [0.29, 0.717) is 22.6 Å². The smallest absolute Gasteiger partial charge is 0.252 e. The van der Waals surface area contributed by atoms with Crippen LogP contribution in [0.15, 0.2) is 79.0 Å². The molecule has 2 amide bonds. The highest BCUT2D eigenvalue weighted by molar-refractivity contribution is 6.32. The SMILES string of the molecule is COc1ccc2c(CCN(C(=O)CCNC(=N)N)C(C(N)=O)(c3ccccc3)c3ccccc3Cl)c[nH]c2c1. The summed E-state index contributed by atoms with van der Waals surface area (Å²) >= 11 is 6.68. The first kappa shape index (κ1) is 27.5. The van der Waals surface area contributed by atoms with Crippen molar-refractivity contribution in [1.29, 1.82) is 5.41 Å². The van der Waals surface area contributed by atoms with Gasteiger partial charge in [-0.2, -0.15) is 0 Å². The third-order valence-corrected chi connectivity index (χ3v) is 7.08. The lowest BCUT2D eigenvalue weighted by atomic mass is 9.79. The van der Waals surface area contributed by atoms with E-state index in [4.69, 9.17) is 33.2 Å². The number of amides is 2. The highest BCUT2D eigenvalue weighted by Gasteiger charge is 2.49. The summed E-state index contributed by atoms with van der Waals surface area (Å²) < 4.78 is 5.33. The molecule has 0 radical (unpaired) electrons. The molecule has 0 spiro atoms. The zero-order valence-corrected chi connectivity index (χ0v) is 22.3. The number of methoxy groups -OCH3 is 1. The van der Waals surface area contributed by atoms with Crippen molar-refractivity contribution in [1.82, 2.24) is 15.2 Å². The molecule has 0 bridgehead atoms. The number of nitrogens with zero attached hydrogens (tertiary/aromatic N) is 1. The number of ether oxygens (including phenoxy) is 1. The van der Waals surface area contributed by atoms with Gasteiger partial charge in [-0.15, -0.1) is 0 Å². The minimum Gasteiger partial charge on any atom is -0.497 e. The van der Waals surface area contributed by atoms with E-state index in [-0.39, 0.29) is 31.4 Å². The number of fused-ring (bicyclic) bond motifs is 1. The molecule has 4 rings (SSSR count). The van der Waals surface area contributed by atoms with Crippen LogP contribution in [-0.4, -0.2) is 47.9 Å². The minimum atomic E-state index is -1.69. The second-order valence-electron chi connectivity index (χ2n) is 9.03. The maximum atomic E-state index is 13.9. The number of aromatic nitrogens is 1. The molecule has 0 aliphatic rings. The second-order valence-corrected chi connectivity index (χ2v) is 9.44. The Balaban J connectivity index is 1.84. The van der Waals surface area contributed by atoms with E-state index in [0.717, 1.165) is 22.2 Å². The Morgan fingerprint density at radius 3 is 2.46 bits per heavy atom. The van der Waals surface area contributed by atoms with Crippen molar-refractivity contribution >= 4 is 40.3 Å². The molecular weight excluding hydrogens is 516 g/mol. The predicted molar refractivity (Wildman–Crippen MR) is 153 cm³/mol. The number of carbonyl (C=O) groups is 2. The Labute approximate surface area is 231 Å². The van der Waals surface area contributed by atoms with Gasteiger partial charge in [0.15, 0.2) is 11.5 Å². The van der Waals surface area contributed by atoms with Crippen molar-refractivity contribution in [3.8, 4) is 5.75 Å². The van der Waals surface area contributed by atoms with Gasteiger partial charge >= 0.3 is 0 Å². The Kier molecular flexibility index (Phi) is 8.41. The number of guanidine groups is 1. The largest absolute Gasteiger partial charge is 0.497 e. The standard InChI is InChI=1S/C29H31ClN6O3/c1-39-21-11-12-22-19(18-35-25(22)17-21)14-16-36(26(37)13-15-34-28(32)33)29(27(31)38,20-7-3-2-4-8-20)23-9-5-6-10-24(23)30/h2-12,17-18,35H,13-16H2,1H3,(H2,31,38)(H4,32,33,34). The van der Waals surface area contributed by atoms with E-state index in [1.54, 1.807) is 55.6 Å². The number of hydrogen-bond donors (Lipinski definition) is 5. The van der Waals surface area contributed by atoms with E-state index in [1.807, 2.05) is 30.5 Å². The Hall–Kier alpha value is -4.50. The molecule has 10 heteroatoms. The van der Waals surface area contributed by atoms with Crippen LogP contribution in [0.1, 0.15) is 23.1 Å². The molecule has 0 aliphatic carbocycles. The molecule has 1 atom stereocenters. The van der Waals surface area contributed by atoms with Crippen molar-refractivity contribution in [2.75, 3.05) is 20.2 Å². The number of nitrogens with one attached hydrogen (secondary N) is 3. The van der Waals surface area contributed by atoms with Crippen molar-refractivity contribution in [3.63, 3.8) is 0 Å². The van der Waals surface area contributed by atoms with Gasteiger partial charge in [0.25, 0.3) is 5.91 Å². The number of nitrogens with two attached hydrogens (primary N) is 2. The fourth-order valence-corrected chi connectivity index (χ4v) is 5.22. The molecule has 9 nitrogen and oxygen atoms in total. The van der Waals surface area contributed by atoms with Gasteiger partial charge in [0.1, 0.15) is 5.75 Å². The first-order valence-electron chi connectivity index (χ1n) is 12.4. The molecular formula is C29H31ClN6O3. The number of rotatable bonds is 11. The van der Waals surface area contributed by atoms with E-state index in [1.165, 1.54) is 4.90 Å². The molecule has 0 saturated carbocycles. The van der Waals surface area contributed by atoms with Gasteiger partial charge in [-0.05, 0) is 35.7 Å². The molecule has 1 aromatic heterocycles. The van der Waals surface area contributed by atoms with Gasteiger partial charge in [-0.3, -0.25) is 15.0 Å². The summed E-state index contributed by atoms with van der Waals surface area (Å²) in [6, 6.07) is 21.6. The number of carbonyl (C=O) groups excluding carboxylic acids is 2. The average molecular weight is 547 g/mol. The van der Waals surface area contributed by atoms with Gasteiger partial charge in [0.2, 0.25) is 5.91 Å². The monoisotopic (exact) mass is 546 g/mol. The maximum absolute atomic E-state index is 13.9. The van der Waals surface area contributed by atoms with Crippen LogP contribution in [0.3, 0.4) is 0 Å². The van der Waals surface area contributed by atoms with E-state index < -0.39 is 11.4 Å². The molecule has 0 fully saturated rings.